The van der Waals surface area contributed by atoms with E-state index in [4.69, 9.17) is 5.26 Å². The Bertz CT molecular complexity index is 664. The van der Waals surface area contributed by atoms with E-state index < -0.39 is 10.0 Å². The van der Waals surface area contributed by atoms with Crippen molar-refractivity contribution >= 4 is 27.2 Å². The lowest BCUT2D eigenvalue weighted by Gasteiger charge is -2.02. The molecule has 0 saturated heterocycles. The van der Waals surface area contributed by atoms with E-state index in [1.165, 1.54) is 16.9 Å². The van der Waals surface area contributed by atoms with Gasteiger partial charge in [0.1, 0.15) is 15.8 Å². The number of nitrogens with one attached hydrogen (secondary N) is 1. The van der Waals surface area contributed by atoms with Gasteiger partial charge in [0.25, 0.3) is 10.0 Å². The number of anilines is 1. The van der Waals surface area contributed by atoms with Gasteiger partial charge >= 0.3 is 0 Å². The lowest BCUT2D eigenvalue weighted by Crippen LogP contribution is -2.12. The summed E-state index contributed by atoms with van der Waals surface area (Å²) < 4.78 is 27.6. The summed E-state index contributed by atoms with van der Waals surface area (Å²) in [7, 11) is -2.03. The van der Waals surface area contributed by atoms with Crippen molar-refractivity contribution in [3.63, 3.8) is 0 Å². The topological polar surface area (TPSA) is 87.8 Å². The van der Waals surface area contributed by atoms with Gasteiger partial charge in [-0.2, -0.15) is 10.4 Å². The zero-order chi connectivity index (χ0) is 12.5. The summed E-state index contributed by atoms with van der Waals surface area (Å²) in [4.78, 5) is 0. The molecular formula is C9H8N4O2S2. The Hall–Kier alpha value is -1.85. The molecule has 88 valence electrons. The highest BCUT2D eigenvalue weighted by Crippen LogP contribution is 2.20. The van der Waals surface area contributed by atoms with Crippen molar-refractivity contribution in [2.24, 2.45) is 7.05 Å². The lowest BCUT2D eigenvalue weighted by molar-refractivity contribution is 0.602. The van der Waals surface area contributed by atoms with Crippen molar-refractivity contribution < 1.29 is 8.42 Å². The number of nitriles is 1. The van der Waals surface area contributed by atoms with Crippen LogP contribution in [0.3, 0.4) is 0 Å². The molecule has 0 saturated carbocycles. The second-order valence-electron chi connectivity index (χ2n) is 3.21. The standard InChI is InChI=1S/C9H8N4O2S2/c1-13-6-7(5-10)9(11-13)12-17(14,15)8-3-2-4-16-8/h2-4,6H,1H3,(H,11,12). The third kappa shape index (κ3) is 2.30. The fraction of sp³-hybridized carbons (Fsp3) is 0.111. The van der Waals surface area contributed by atoms with Crippen LogP contribution in [0.2, 0.25) is 0 Å². The Kier molecular flexibility index (Phi) is 2.87. The first-order chi connectivity index (χ1) is 8.03. The molecule has 0 radical (unpaired) electrons. The van der Waals surface area contributed by atoms with E-state index in [9.17, 15) is 8.42 Å². The summed E-state index contributed by atoms with van der Waals surface area (Å²) in [6.07, 6.45) is 1.45. The van der Waals surface area contributed by atoms with Crippen LogP contribution in [0.15, 0.2) is 27.9 Å². The summed E-state index contributed by atoms with van der Waals surface area (Å²) in [5.74, 6) is 0.0448. The monoisotopic (exact) mass is 268 g/mol. The Labute approximate surface area is 102 Å². The molecule has 17 heavy (non-hydrogen) atoms. The molecule has 0 aliphatic heterocycles. The van der Waals surface area contributed by atoms with E-state index in [0.717, 1.165) is 11.3 Å². The number of hydrogen-bond donors (Lipinski definition) is 1. The van der Waals surface area contributed by atoms with Crippen LogP contribution in [0, 0.1) is 11.3 Å². The van der Waals surface area contributed by atoms with E-state index >= 15 is 0 Å². The van der Waals surface area contributed by atoms with Crippen molar-refractivity contribution in [1.29, 1.82) is 5.26 Å². The van der Waals surface area contributed by atoms with Gasteiger partial charge in [0.05, 0.1) is 0 Å². The summed E-state index contributed by atoms with van der Waals surface area (Å²) >= 11 is 1.10. The second-order valence-corrected chi connectivity index (χ2v) is 6.07. The lowest BCUT2D eigenvalue weighted by atomic mass is 10.4. The van der Waals surface area contributed by atoms with E-state index in [1.807, 2.05) is 6.07 Å². The fourth-order valence-electron chi connectivity index (χ4n) is 1.24. The summed E-state index contributed by atoms with van der Waals surface area (Å²) in [6.45, 7) is 0. The van der Waals surface area contributed by atoms with Gasteiger partial charge in [-0.1, -0.05) is 6.07 Å². The quantitative estimate of drug-likeness (QED) is 0.904. The van der Waals surface area contributed by atoms with Crippen LogP contribution in [-0.4, -0.2) is 18.2 Å². The molecule has 0 unspecified atom stereocenters. The average Bonchev–Trinajstić information content (AvgIpc) is 2.86. The average molecular weight is 268 g/mol. The third-order valence-electron chi connectivity index (χ3n) is 1.94. The van der Waals surface area contributed by atoms with Gasteiger partial charge in [-0.3, -0.25) is 9.40 Å². The molecule has 0 atom stereocenters. The van der Waals surface area contributed by atoms with Crippen molar-refractivity contribution in [2.75, 3.05) is 4.72 Å². The van der Waals surface area contributed by atoms with Crippen molar-refractivity contribution in [3.8, 4) is 6.07 Å². The number of sulfonamides is 1. The Morgan fingerprint density at radius 2 is 2.35 bits per heavy atom. The summed E-state index contributed by atoms with van der Waals surface area (Å²) in [5.41, 5.74) is 0.188. The van der Waals surface area contributed by atoms with Gasteiger partial charge in [-0.25, -0.2) is 8.42 Å². The van der Waals surface area contributed by atoms with Gasteiger partial charge in [-0.05, 0) is 11.4 Å². The Balaban J connectivity index is 2.37. The predicted molar refractivity (Wildman–Crippen MR) is 63.1 cm³/mol. The van der Waals surface area contributed by atoms with Crippen molar-refractivity contribution in [2.45, 2.75) is 4.21 Å². The predicted octanol–water partition coefficient (Wildman–Crippen LogP) is 1.15. The summed E-state index contributed by atoms with van der Waals surface area (Å²) in [6, 6.07) is 5.01. The van der Waals surface area contributed by atoms with E-state index in [1.54, 1.807) is 18.5 Å². The molecule has 0 aliphatic carbocycles. The van der Waals surface area contributed by atoms with Gasteiger partial charge in [0.15, 0.2) is 5.82 Å². The number of thiophene rings is 1. The molecule has 2 heterocycles. The van der Waals surface area contributed by atoms with Gasteiger partial charge in [-0.15, -0.1) is 11.3 Å². The number of rotatable bonds is 3. The highest BCUT2D eigenvalue weighted by Gasteiger charge is 2.19. The molecule has 0 bridgehead atoms. The highest BCUT2D eigenvalue weighted by molar-refractivity contribution is 7.94. The molecule has 2 aromatic heterocycles. The number of aryl methyl sites for hydroxylation is 1. The number of aromatic nitrogens is 2. The van der Waals surface area contributed by atoms with Crippen LogP contribution in [0.1, 0.15) is 5.56 Å². The molecule has 0 aliphatic rings. The first-order valence-corrected chi connectivity index (χ1v) is 6.89. The zero-order valence-corrected chi connectivity index (χ0v) is 10.4. The van der Waals surface area contributed by atoms with Crippen LogP contribution >= 0.6 is 11.3 Å². The van der Waals surface area contributed by atoms with E-state index in [-0.39, 0.29) is 15.6 Å². The van der Waals surface area contributed by atoms with Gasteiger partial charge < -0.3 is 0 Å². The molecule has 0 spiro atoms. The van der Waals surface area contributed by atoms with Crippen LogP contribution in [0.25, 0.3) is 0 Å². The van der Waals surface area contributed by atoms with Crippen LogP contribution < -0.4 is 4.72 Å². The molecule has 0 fully saturated rings. The largest absolute Gasteiger partial charge is 0.272 e. The molecule has 0 aromatic carbocycles. The fourth-order valence-corrected chi connectivity index (χ4v) is 3.25. The smallest absolute Gasteiger partial charge is 0.272 e. The van der Waals surface area contributed by atoms with Crippen LogP contribution in [0.4, 0.5) is 5.82 Å². The first-order valence-electron chi connectivity index (χ1n) is 4.53. The minimum atomic E-state index is -3.65. The highest BCUT2D eigenvalue weighted by atomic mass is 32.2. The molecule has 8 heteroatoms. The number of nitrogens with zero attached hydrogens (tertiary/aromatic N) is 3. The SMILES string of the molecule is Cn1cc(C#N)c(NS(=O)(=O)c2cccs2)n1. The van der Waals surface area contributed by atoms with Crippen molar-refractivity contribution in [3.05, 3.63) is 29.3 Å². The molecule has 1 N–H and O–H groups in total. The van der Waals surface area contributed by atoms with Gasteiger partial charge in [0.2, 0.25) is 0 Å². The molecule has 0 amide bonds. The maximum Gasteiger partial charge on any atom is 0.272 e. The maximum atomic E-state index is 11.9. The minimum Gasteiger partial charge on any atom is -0.272 e. The van der Waals surface area contributed by atoms with E-state index in [0.29, 0.717) is 0 Å². The van der Waals surface area contributed by atoms with Gasteiger partial charge in [0, 0.05) is 13.2 Å². The van der Waals surface area contributed by atoms with Crippen LogP contribution in [-0.2, 0) is 17.1 Å². The minimum absolute atomic E-state index is 0.0448. The molecule has 2 aromatic rings. The summed E-state index contributed by atoms with van der Waals surface area (Å²) in [5, 5.41) is 14.4. The first kappa shape index (κ1) is 11.6. The normalized spacial score (nSPS) is 11.1. The van der Waals surface area contributed by atoms with Crippen LogP contribution in [0.5, 0.6) is 0 Å². The second kappa shape index (κ2) is 4.20. The Morgan fingerprint density at radius 3 is 2.94 bits per heavy atom. The number of hydrogen-bond acceptors (Lipinski definition) is 5. The third-order valence-corrected chi connectivity index (χ3v) is 4.68. The molecular weight excluding hydrogens is 260 g/mol. The Morgan fingerprint density at radius 1 is 1.59 bits per heavy atom. The maximum absolute atomic E-state index is 11.9. The van der Waals surface area contributed by atoms with Crippen molar-refractivity contribution in [1.82, 2.24) is 9.78 Å². The zero-order valence-electron chi connectivity index (χ0n) is 8.78. The molecule has 6 nitrogen and oxygen atoms in total. The van der Waals surface area contributed by atoms with E-state index in [2.05, 4.69) is 9.82 Å². The molecule has 2 rings (SSSR count).